The van der Waals surface area contributed by atoms with E-state index in [-0.39, 0.29) is 18.9 Å². The molecule has 3 aliphatic rings. The van der Waals surface area contributed by atoms with Crippen molar-refractivity contribution in [1.29, 1.82) is 0 Å². The van der Waals surface area contributed by atoms with E-state index < -0.39 is 11.0 Å². The number of fused-ring (bicyclic) bond motifs is 4. The fraction of sp³-hybridized carbons (Fsp3) is 0.529. The van der Waals surface area contributed by atoms with E-state index in [1.807, 2.05) is 25.1 Å². The number of rotatable bonds is 5. The average Bonchev–Trinajstić information content (AvgIpc) is 3.06. The molecule has 1 aromatic heterocycles. The maximum atomic E-state index is 12.7. The van der Waals surface area contributed by atoms with Crippen LogP contribution in [0.4, 0.5) is 5.69 Å². The number of carbonyl (C=O) groups excluding carboxylic acids is 1. The zero-order valence-electron chi connectivity index (χ0n) is 14.7. The van der Waals surface area contributed by atoms with Crippen molar-refractivity contribution in [2.45, 2.75) is 25.8 Å². The molecule has 2 atom stereocenters. The predicted octanol–water partition coefficient (Wildman–Crippen LogP) is 1.64. The Hall–Kier alpha value is -1.55. The summed E-state index contributed by atoms with van der Waals surface area (Å²) in [6.07, 6.45) is 2.35. The Morgan fingerprint density at radius 2 is 2.19 bits per heavy atom. The normalized spacial score (nSPS) is 25.5. The third-order valence-corrected chi connectivity index (χ3v) is 6.95. The van der Waals surface area contributed by atoms with Gasteiger partial charge in [0.05, 0.1) is 4.70 Å². The van der Waals surface area contributed by atoms with Crippen LogP contribution in [0.2, 0.25) is 0 Å². The molecule has 3 aliphatic heterocycles. The Morgan fingerprint density at radius 1 is 1.42 bits per heavy atom. The zero-order chi connectivity index (χ0) is 17.4. The van der Waals surface area contributed by atoms with Crippen LogP contribution in [-0.4, -0.2) is 56.3 Å². The molecular formula is C17H26N4O3S2. The van der Waals surface area contributed by atoms with E-state index in [0.29, 0.717) is 17.4 Å². The fourth-order valence-corrected chi connectivity index (χ4v) is 5.08. The lowest BCUT2D eigenvalue weighted by molar-refractivity contribution is 0.0619. The quantitative estimate of drug-likeness (QED) is 0.798. The second-order valence-electron chi connectivity index (χ2n) is 6.70. The van der Waals surface area contributed by atoms with Crippen LogP contribution in [0.1, 0.15) is 31.7 Å². The van der Waals surface area contributed by atoms with Crippen molar-refractivity contribution in [2.75, 3.05) is 30.1 Å². The number of nitrogens with one attached hydrogen (secondary N) is 2. The van der Waals surface area contributed by atoms with E-state index in [4.69, 9.17) is 0 Å². The van der Waals surface area contributed by atoms with Crippen molar-refractivity contribution in [3.63, 3.8) is 0 Å². The van der Waals surface area contributed by atoms with E-state index in [9.17, 15) is 9.00 Å². The van der Waals surface area contributed by atoms with Gasteiger partial charge in [-0.1, -0.05) is 6.92 Å². The van der Waals surface area contributed by atoms with Gasteiger partial charge in [-0.2, -0.15) is 4.37 Å². The zero-order valence-corrected chi connectivity index (χ0v) is 16.3. The minimum absolute atomic E-state index is 0. The number of anilines is 1. The molecule has 0 aliphatic carbocycles. The van der Waals surface area contributed by atoms with Crippen LogP contribution in [0.25, 0.3) is 10.1 Å². The number of hydrogen-bond acceptors (Lipinski definition) is 5. The van der Waals surface area contributed by atoms with Crippen LogP contribution in [0.15, 0.2) is 18.2 Å². The summed E-state index contributed by atoms with van der Waals surface area (Å²) in [6.45, 7) is 5.14. The van der Waals surface area contributed by atoms with Crippen molar-refractivity contribution in [3.05, 3.63) is 23.9 Å². The third-order valence-electron chi connectivity index (χ3n) is 5.15. The van der Waals surface area contributed by atoms with E-state index in [2.05, 4.69) is 19.3 Å². The van der Waals surface area contributed by atoms with Gasteiger partial charge in [-0.15, -0.1) is 0 Å². The molecule has 3 saturated heterocycles. The van der Waals surface area contributed by atoms with E-state index in [1.165, 1.54) is 24.4 Å². The second kappa shape index (κ2) is 7.99. The largest absolute Gasteiger partial charge is 0.412 e. The van der Waals surface area contributed by atoms with E-state index >= 15 is 0 Å². The van der Waals surface area contributed by atoms with E-state index in [1.54, 1.807) is 0 Å². The molecule has 2 bridgehead atoms. The van der Waals surface area contributed by atoms with Crippen LogP contribution in [-0.2, 0) is 11.0 Å². The summed E-state index contributed by atoms with van der Waals surface area (Å²) < 4.78 is 19.9. The smallest absolute Gasteiger partial charge is 0.271 e. The van der Waals surface area contributed by atoms with Gasteiger partial charge in [0.2, 0.25) is 0 Å². The molecular weight excluding hydrogens is 372 g/mol. The lowest BCUT2D eigenvalue weighted by atomic mass is 9.84. The highest BCUT2D eigenvalue weighted by atomic mass is 32.2. The minimum atomic E-state index is -1.08. The van der Waals surface area contributed by atoms with Crippen molar-refractivity contribution >= 4 is 44.2 Å². The Balaban J connectivity index is 0.00000131. The number of hydrogen-bond donors (Lipinski definition) is 2. The number of benzene rings is 1. The molecule has 144 valence electrons. The molecule has 4 N–H and O–H groups in total. The first-order valence-electron chi connectivity index (χ1n) is 8.71. The number of piperidine rings is 3. The highest BCUT2D eigenvalue weighted by molar-refractivity contribution is 7.86. The molecule has 1 amide bonds. The Bertz CT molecular complexity index is 824. The maximum Gasteiger partial charge on any atom is 0.271 e. The number of nitrogens with zero attached hydrogens (tertiary/aromatic N) is 2. The summed E-state index contributed by atoms with van der Waals surface area (Å²) in [4.78, 5) is 15.2. The van der Waals surface area contributed by atoms with Crippen molar-refractivity contribution in [3.8, 4) is 0 Å². The van der Waals surface area contributed by atoms with Crippen molar-refractivity contribution in [1.82, 2.24) is 14.6 Å². The molecule has 1 aromatic carbocycles. The fourth-order valence-electron chi connectivity index (χ4n) is 3.73. The van der Waals surface area contributed by atoms with Gasteiger partial charge in [0.25, 0.3) is 5.91 Å². The van der Waals surface area contributed by atoms with Gasteiger partial charge in [0, 0.05) is 30.8 Å². The highest BCUT2D eigenvalue weighted by Gasteiger charge is 2.35. The summed E-state index contributed by atoms with van der Waals surface area (Å²) in [5.41, 5.74) is 1.29. The van der Waals surface area contributed by atoms with Gasteiger partial charge < -0.3 is 20.4 Å². The third kappa shape index (κ3) is 3.75. The van der Waals surface area contributed by atoms with Crippen molar-refractivity contribution < 1.29 is 15.9 Å². The first-order valence-corrected chi connectivity index (χ1v) is 10.8. The monoisotopic (exact) mass is 398 g/mol. The number of aromatic nitrogens is 1. The average molecular weight is 399 g/mol. The van der Waals surface area contributed by atoms with Crippen molar-refractivity contribution in [2.24, 2.45) is 5.92 Å². The van der Waals surface area contributed by atoms with Crippen LogP contribution in [0.5, 0.6) is 0 Å². The molecule has 2 aromatic rings. The van der Waals surface area contributed by atoms with Gasteiger partial charge in [0.15, 0.2) is 0 Å². The summed E-state index contributed by atoms with van der Waals surface area (Å²) in [5, 5.41) is 4.06. The summed E-state index contributed by atoms with van der Waals surface area (Å²) in [7, 11) is -1.08. The van der Waals surface area contributed by atoms with Gasteiger partial charge >= 0.3 is 0 Å². The predicted molar refractivity (Wildman–Crippen MR) is 108 cm³/mol. The second-order valence-corrected chi connectivity index (χ2v) is 8.97. The van der Waals surface area contributed by atoms with Crippen LogP contribution in [0, 0.1) is 5.92 Å². The van der Waals surface area contributed by atoms with Crippen LogP contribution >= 0.6 is 11.5 Å². The standard InChI is InChI=1S/C17H22N4O2S2.H2O.H2/c1-2-25(23)20-12-3-4-13-15(9-12)24-19-16(13)17(22)18-14-10-21-7-5-11(14)6-8-21;;/h3-4,9,11,14,20H,2,5-8,10H2,1H3,(H,18,22);1H2;1H/t14-,25?;;/m1../s1. The van der Waals surface area contributed by atoms with Gasteiger partial charge in [0.1, 0.15) is 16.7 Å². The molecule has 0 spiro atoms. The molecule has 9 heteroatoms. The van der Waals surface area contributed by atoms with Crippen LogP contribution < -0.4 is 10.0 Å². The molecule has 26 heavy (non-hydrogen) atoms. The van der Waals surface area contributed by atoms with Crippen LogP contribution in [0.3, 0.4) is 0 Å². The van der Waals surface area contributed by atoms with Gasteiger partial charge in [-0.05, 0) is 61.6 Å². The molecule has 0 radical (unpaired) electrons. The lowest BCUT2D eigenvalue weighted by Gasteiger charge is -2.44. The summed E-state index contributed by atoms with van der Waals surface area (Å²) >= 11 is 1.31. The summed E-state index contributed by atoms with van der Waals surface area (Å²) in [5.74, 6) is 1.06. The Morgan fingerprint density at radius 3 is 2.85 bits per heavy atom. The number of amides is 1. The maximum absolute atomic E-state index is 12.7. The Kier molecular flexibility index (Phi) is 5.91. The molecule has 1 unspecified atom stereocenters. The SMILES string of the molecule is CCS(=O)Nc1ccc2c(C(=O)N[C@@H]3CN4CCC3CC4)nsc2c1.O.[HH]. The molecule has 4 heterocycles. The summed E-state index contributed by atoms with van der Waals surface area (Å²) in [6, 6.07) is 5.89. The molecule has 0 saturated carbocycles. The molecule has 3 fully saturated rings. The molecule has 7 nitrogen and oxygen atoms in total. The lowest BCUT2D eigenvalue weighted by Crippen LogP contribution is -2.57. The van der Waals surface area contributed by atoms with Gasteiger partial charge in [-0.25, -0.2) is 4.21 Å². The highest BCUT2D eigenvalue weighted by Crippen LogP contribution is 2.29. The first-order chi connectivity index (χ1) is 12.1. The minimum Gasteiger partial charge on any atom is -0.412 e. The molecule has 5 rings (SSSR count). The first kappa shape index (κ1) is 19.2. The number of carbonyl (C=O) groups is 1. The topological polar surface area (TPSA) is 106 Å². The Labute approximate surface area is 160 Å². The van der Waals surface area contributed by atoms with Gasteiger partial charge in [-0.3, -0.25) is 4.79 Å². The van der Waals surface area contributed by atoms with E-state index in [0.717, 1.165) is 35.4 Å².